The van der Waals surface area contributed by atoms with Crippen molar-refractivity contribution >= 4 is 16.3 Å². The molecule has 96 valence electrons. The van der Waals surface area contributed by atoms with Gasteiger partial charge < -0.3 is 0 Å². The lowest BCUT2D eigenvalue weighted by molar-refractivity contribution is 0.876. The molecular weight excluding hydrogens is 228 g/mol. The highest BCUT2D eigenvalue weighted by atomic mass is 14.1. The molecule has 0 unspecified atom stereocenters. The van der Waals surface area contributed by atoms with Crippen LogP contribution in [0.5, 0.6) is 0 Å². The maximum Gasteiger partial charge on any atom is -0.0103 e. The van der Waals surface area contributed by atoms with Crippen molar-refractivity contribution in [2.24, 2.45) is 0 Å². The first-order valence-electron chi connectivity index (χ1n) is 7.16. The molecule has 0 aliphatic heterocycles. The molecular formula is C19H20. The first-order chi connectivity index (χ1) is 9.27. The van der Waals surface area contributed by atoms with Crippen LogP contribution in [-0.2, 0) is 0 Å². The first-order valence-corrected chi connectivity index (χ1v) is 7.16. The lowest BCUT2D eigenvalue weighted by Gasteiger charge is -2.15. The van der Waals surface area contributed by atoms with E-state index in [0.29, 0.717) is 5.92 Å². The van der Waals surface area contributed by atoms with E-state index in [1.807, 2.05) is 0 Å². The second kappa shape index (κ2) is 5.05. The summed E-state index contributed by atoms with van der Waals surface area (Å²) in [5.41, 5.74) is 4.19. The van der Waals surface area contributed by atoms with Crippen LogP contribution >= 0.6 is 0 Å². The summed E-state index contributed by atoms with van der Waals surface area (Å²) in [6.45, 7) is 4.53. The molecule has 0 saturated carbocycles. The summed E-state index contributed by atoms with van der Waals surface area (Å²) in [4.78, 5) is 0. The van der Waals surface area contributed by atoms with Gasteiger partial charge in [-0.25, -0.2) is 0 Å². The lowest BCUT2D eigenvalue weighted by Crippen LogP contribution is -1.94. The Morgan fingerprint density at radius 3 is 2.37 bits per heavy atom. The SMILES string of the molecule is CC(C)c1ccc(C2=CCCC=C2)c2ccccc12. The maximum absolute atomic E-state index is 2.36. The fourth-order valence-corrected chi connectivity index (χ4v) is 2.89. The Labute approximate surface area is 115 Å². The summed E-state index contributed by atoms with van der Waals surface area (Å²) in [7, 11) is 0. The topological polar surface area (TPSA) is 0 Å². The van der Waals surface area contributed by atoms with Crippen molar-refractivity contribution in [3.63, 3.8) is 0 Å². The number of benzene rings is 2. The molecule has 1 aliphatic carbocycles. The third-order valence-electron chi connectivity index (χ3n) is 3.89. The highest BCUT2D eigenvalue weighted by Gasteiger charge is 2.10. The number of hydrogen-bond acceptors (Lipinski definition) is 0. The average molecular weight is 248 g/mol. The van der Waals surface area contributed by atoms with Crippen LogP contribution in [0.1, 0.15) is 43.7 Å². The Morgan fingerprint density at radius 2 is 1.68 bits per heavy atom. The molecule has 0 atom stereocenters. The Balaban J connectivity index is 2.25. The van der Waals surface area contributed by atoms with Gasteiger partial charge in [-0.1, -0.05) is 68.5 Å². The van der Waals surface area contributed by atoms with Crippen LogP contribution in [0.4, 0.5) is 0 Å². The van der Waals surface area contributed by atoms with Gasteiger partial charge in [0.2, 0.25) is 0 Å². The van der Waals surface area contributed by atoms with Crippen LogP contribution in [0.25, 0.3) is 16.3 Å². The van der Waals surface area contributed by atoms with E-state index in [1.165, 1.54) is 33.9 Å². The Bertz CT molecular complexity index is 657. The van der Waals surface area contributed by atoms with E-state index in [0.717, 1.165) is 6.42 Å². The smallest absolute Gasteiger partial charge is 0.0103 e. The highest BCUT2D eigenvalue weighted by molar-refractivity contribution is 5.98. The number of allylic oxidation sites excluding steroid dienone is 4. The van der Waals surface area contributed by atoms with E-state index in [2.05, 4.69) is 68.5 Å². The van der Waals surface area contributed by atoms with E-state index < -0.39 is 0 Å². The maximum atomic E-state index is 2.36. The summed E-state index contributed by atoms with van der Waals surface area (Å²) in [6, 6.07) is 13.4. The van der Waals surface area contributed by atoms with Crippen molar-refractivity contribution < 1.29 is 0 Å². The predicted octanol–water partition coefficient (Wildman–Crippen LogP) is 5.70. The number of hydrogen-bond donors (Lipinski definition) is 0. The molecule has 0 aromatic heterocycles. The molecule has 0 N–H and O–H groups in total. The zero-order valence-electron chi connectivity index (χ0n) is 11.7. The summed E-state index contributed by atoms with van der Waals surface area (Å²) in [6.07, 6.45) is 9.23. The third kappa shape index (κ3) is 2.23. The molecule has 1 aliphatic rings. The zero-order chi connectivity index (χ0) is 13.2. The quantitative estimate of drug-likeness (QED) is 0.639. The van der Waals surface area contributed by atoms with Crippen LogP contribution in [0.15, 0.2) is 54.6 Å². The molecule has 0 spiro atoms. The van der Waals surface area contributed by atoms with Gasteiger partial charge in [-0.15, -0.1) is 0 Å². The van der Waals surface area contributed by atoms with Gasteiger partial charge in [0.15, 0.2) is 0 Å². The second-order valence-electron chi connectivity index (χ2n) is 5.54. The molecule has 0 amide bonds. The fraction of sp³-hybridized carbons (Fsp3) is 0.263. The van der Waals surface area contributed by atoms with Crippen LogP contribution in [0.3, 0.4) is 0 Å². The predicted molar refractivity (Wildman–Crippen MR) is 84.4 cm³/mol. The van der Waals surface area contributed by atoms with Gasteiger partial charge in [0.05, 0.1) is 0 Å². The van der Waals surface area contributed by atoms with Crippen LogP contribution in [0, 0.1) is 0 Å². The molecule has 19 heavy (non-hydrogen) atoms. The van der Waals surface area contributed by atoms with Gasteiger partial charge in [-0.05, 0) is 46.2 Å². The molecule has 0 heterocycles. The normalized spacial score (nSPS) is 15.0. The Kier molecular flexibility index (Phi) is 3.25. The van der Waals surface area contributed by atoms with Crippen LogP contribution in [0.2, 0.25) is 0 Å². The summed E-state index contributed by atoms with van der Waals surface area (Å²) in [5, 5.41) is 2.78. The average Bonchev–Trinajstić information content (AvgIpc) is 2.47. The summed E-state index contributed by atoms with van der Waals surface area (Å²) in [5.74, 6) is 0.565. The van der Waals surface area contributed by atoms with Gasteiger partial charge in [0, 0.05) is 0 Å². The Morgan fingerprint density at radius 1 is 0.895 bits per heavy atom. The number of fused-ring (bicyclic) bond motifs is 1. The molecule has 0 heteroatoms. The minimum Gasteiger partial charge on any atom is -0.0836 e. The summed E-state index contributed by atoms with van der Waals surface area (Å²) >= 11 is 0. The summed E-state index contributed by atoms with van der Waals surface area (Å²) < 4.78 is 0. The molecule has 0 saturated heterocycles. The van der Waals surface area contributed by atoms with Crippen molar-refractivity contribution in [1.82, 2.24) is 0 Å². The van der Waals surface area contributed by atoms with E-state index in [-0.39, 0.29) is 0 Å². The van der Waals surface area contributed by atoms with Crippen molar-refractivity contribution in [3.05, 3.63) is 65.8 Å². The minimum absolute atomic E-state index is 0.565. The second-order valence-corrected chi connectivity index (χ2v) is 5.54. The fourth-order valence-electron chi connectivity index (χ4n) is 2.89. The van der Waals surface area contributed by atoms with E-state index >= 15 is 0 Å². The molecule has 0 bridgehead atoms. The molecule has 0 nitrogen and oxygen atoms in total. The van der Waals surface area contributed by atoms with Gasteiger partial charge >= 0.3 is 0 Å². The molecule has 0 fully saturated rings. The molecule has 3 rings (SSSR count). The number of rotatable bonds is 2. The molecule has 2 aromatic carbocycles. The highest BCUT2D eigenvalue weighted by Crippen LogP contribution is 2.33. The van der Waals surface area contributed by atoms with Crippen molar-refractivity contribution in [3.8, 4) is 0 Å². The van der Waals surface area contributed by atoms with E-state index in [9.17, 15) is 0 Å². The monoisotopic (exact) mass is 248 g/mol. The van der Waals surface area contributed by atoms with Crippen LogP contribution in [-0.4, -0.2) is 0 Å². The van der Waals surface area contributed by atoms with Crippen molar-refractivity contribution in [2.45, 2.75) is 32.6 Å². The van der Waals surface area contributed by atoms with Gasteiger partial charge in [-0.3, -0.25) is 0 Å². The standard InChI is InChI=1S/C19H20/c1-14(2)16-12-13-17(15-8-4-3-5-9-15)19-11-7-6-10-18(16)19/h4,6-14H,3,5H2,1-2H3. The van der Waals surface area contributed by atoms with E-state index in [4.69, 9.17) is 0 Å². The lowest BCUT2D eigenvalue weighted by atomic mass is 9.89. The first kappa shape index (κ1) is 12.2. The zero-order valence-corrected chi connectivity index (χ0v) is 11.7. The van der Waals surface area contributed by atoms with Gasteiger partial charge in [0.25, 0.3) is 0 Å². The van der Waals surface area contributed by atoms with Crippen molar-refractivity contribution in [2.75, 3.05) is 0 Å². The van der Waals surface area contributed by atoms with Gasteiger partial charge in [0.1, 0.15) is 0 Å². The molecule has 2 aromatic rings. The largest absolute Gasteiger partial charge is 0.0836 e. The van der Waals surface area contributed by atoms with Gasteiger partial charge in [-0.2, -0.15) is 0 Å². The molecule has 0 radical (unpaired) electrons. The third-order valence-corrected chi connectivity index (χ3v) is 3.89. The van der Waals surface area contributed by atoms with E-state index in [1.54, 1.807) is 0 Å². The van der Waals surface area contributed by atoms with Crippen LogP contribution < -0.4 is 0 Å². The minimum atomic E-state index is 0.565. The van der Waals surface area contributed by atoms with Crippen molar-refractivity contribution in [1.29, 1.82) is 0 Å². The Hall–Kier alpha value is -1.82.